The second-order valence-electron chi connectivity index (χ2n) is 4.67. The lowest BCUT2D eigenvalue weighted by atomic mass is 9.97. The zero-order valence-corrected chi connectivity index (χ0v) is 9.91. The van der Waals surface area contributed by atoms with Gasteiger partial charge in [0, 0.05) is 12.1 Å². The van der Waals surface area contributed by atoms with Gasteiger partial charge in [-0.3, -0.25) is 0 Å². The summed E-state index contributed by atoms with van der Waals surface area (Å²) in [6.07, 6.45) is 2.38. The Morgan fingerprint density at radius 2 is 2.25 bits per heavy atom. The summed E-state index contributed by atoms with van der Waals surface area (Å²) in [6, 6.07) is 7.64. The second kappa shape index (κ2) is 4.93. The molecular formula is C13H19FN2. The maximum Gasteiger partial charge on any atom is 0.123 e. The van der Waals surface area contributed by atoms with Crippen LogP contribution in [0.25, 0.3) is 0 Å². The van der Waals surface area contributed by atoms with E-state index in [9.17, 15) is 4.39 Å². The maximum absolute atomic E-state index is 13.2. The molecule has 1 aliphatic rings. The molecule has 2 atom stereocenters. The molecule has 2 rings (SSSR count). The molecule has 88 valence electrons. The van der Waals surface area contributed by atoms with Crippen molar-refractivity contribution in [3.63, 3.8) is 0 Å². The molecule has 1 fully saturated rings. The number of likely N-dealkylation sites (N-methyl/N-ethyl adjacent to an activating group) is 1. The van der Waals surface area contributed by atoms with E-state index in [4.69, 9.17) is 0 Å². The second-order valence-corrected chi connectivity index (χ2v) is 4.67. The third-order valence-corrected chi connectivity index (χ3v) is 3.23. The van der Waals surface area contributed by atoms with Crippen LogP contribution >= 0.6 is 0 Å². The van der Waals surface area contributed by atoms with Crippen LogP contribution in [0.15, 0.2) is 24.3 Å². The molecule has 2 nitrogen and oxygen atoms in total. The molecule has 1 saturated heterocycles. The van der Waals surface area contributed by atoms with Gasteiger partial charge in [-0.05, 0) is 51.2 Å². The molecule has 2 unspecified atom stereocenters. The highest BCUT2D eigenvalue weighted by molar-refractivity contribution is 5.22. The molecule has 0 radical (unpaired) electrons. The van der Waals surface area contributed by atoms with Crippen molar-refractivity contribution in [2.24, 2.45) is 0 Å². The topological polar surface area (TPSA) is 15.3 Å². The molecule has 1 N–H and O–H groups in total. The molecule has 1 aromatic rings. The van der Waals surface area contributed by atoms with Crippen molar-refractivity contribution in [2.45, 2.75) is 24.9 Å². The fourth-order valence-corrected chi connectivity index (χ4v) is 2.56. The van der Waals surface area contributed by atoms with Crippen molar-refractivity contribution in [1.29, 1.82) is 0 Å². The zero-order chi connectivity index (χ0) is 11.5. The van der Waals surface area contributed by atoms with Gasteiger partial charge in [0.15, 0.2) is 0 Å². The molecule has 3 heteroatoms. The van der Waals surface area contributed by atoms with E-state index in [-0.39, 0.29) is 11.9 Å². The lowest BCUT2D eigenvalue weighted by Crippen LogP contribution is -2.37. The molecular weight excluding hydrogens is 203 g/mol. The largest absolute Gasteiger partial charge is 0.312 e. The number of halogens is 1. The summed E-state index contributed by atoms with van der Waals surface area (Å²) in [5.74, 6) is -0.151. The highest BCUT2D eigenvalue weighted by Crippen LogP contribution is 2.27. The van der Waals surface area contributed by atoms with Gasteiger partial charge in [-0.2, -0.15) is 0 Å². The molecule has 1 heterocycles. The van der Waals surface area contributed by atoms with Crippen LogP contribution in [0, 0.1) is 5.82 Å². The Balaban J connectivity index is 2.24. The van der Waals surface area contributed by atoms with E-state index in [0.29, 0.717) is 6.04 Å². The first-order valence-corrected chi connectivity index (χ1v) is 5.84. The number of hydrogen-bond donors (Lipinski definition) is 1. The first-order valence-electron chi connectivity index (χ1n) is 5.84. The Kier molecular flexibility index (Phi) is 3.56. The molecule has 0 saturated carbocycles. The van der Waals surface area contributed by atoms with Gasteiger partial charge < -0.3 is 10.2 Å². The van der Waals surface area contributed by atoms with Gasteiger partial charge >= 0.3 is 0 Å². The molecule has 0 spiro atoms. The summed E-state index contributed by atoms with van der Waals surface area (Å²) in [5, 5.41) is 3.49. The van der Waals surface area contributed by atoms with E-state index in [2.05, 4.69) is 24.3 Å². The van der Waals surface area contributed by atoms with Gasteiger partial charge in [0.1, 0.15) is 5.82 Å². The van der Waals surface area contributed by atoms with E-state index in [1.54, 1.807) is 12.1 Å². The van der Waals surface area contributed by atoms with Gasteiger partial charge in [-0.1, -0.05) is 12.1 Å². The van der Waals surface area contributed by atoms with E-state index < -0.39 is 0 Å². The maximum atomic E-state index is 13.2. The Morgan fingerprint density at radius 1 is 1.44 bits per heavy atom. The quantitative estimate of drug-likeness (QED) is 0.843. The van der Waals surface area contributed by atoms with Crippen LogP contribution in [-0.4, -0.2) is 31.6 Å². The first kappa shape index (κ1) is 11.6. The van der Waals surface area contributed by atoms with Crippen molar-refractivity contribution >= 4 is 0 Å². The van der Waals surface area contributed by atoms with E-state index in [1.165, 1.54) is 18.9 Å². The van der Waals surface area contributed by atoms with Crippen LogP contribution in [0.4, 0.5) is 4.39 Å². The van der Waals surface area contributed by atoms with Gasteiger partial charge in [0.25, 0.3) is 0 Å². The van der Waals surface area contributed by atoms with Crippen LogP contribution in [0.2, 0.25) is 0 Å². The van der Waals surface area contributed by atoms with Crippen LogP contribution in [0.5, 0.6) is 0 Å². The predicted octanol–water partition coefficient (Wildman–Crippen LogP) is 2.18. The molecule has 1 aliphatic heterocycles. The Hall–Kier alpha value is -0.930. The molecule has 16 heavy (non-hydrogen) atoms. The minimum Gasteiger partial charge on any atom is -0.312 e. The van der Waals surface area contributed by atoms with E-state index in [0.717, 1.165) is 12.1 Å². The van der Waals surface area contributed by atoms with Crippen LogP contribution in [-0.2, 0) is 0 Å². The number of nitrogens with zero attached hydrogens (tertiary/aromatic N) is 1. The van der Waals surface area contributed by atoms with Crippen molar-refractivity contribution in [2.75, 3.05) is 20.6 Å². The van der Waals surface area contributed by atoms with Crippen LogP contribution in [0.3, 0.4) is 0 Å². The minimum absolute atomic E-state index is 0.151. The van der Waals surface area contributed by atoms with E-state index >= 15 is 0 Å². The average molecular weight is 222 g/mol. The fraction of sp³-hybridized carbons (Fsp3) is 0.538. The normalized spacial score (nSPS) is 22.6. The highest BCUT2D eigenvalue weighted by Gasteiger charge is 2.27. The first-order chi connectivity index (χ1) is 7.68. The summed E-state index contributed by atoms with van der Waals surface area (Å²) >= 11 is 0. The summed E-state index contributed by atoms with van der Waals surface area (Å²) < 4.78 is 13.2. The minimum atomic E-state index is -0.151. The summed E-state index contributed by atoms with van der Waals surface area (Å²) in [6.45, 7) is 1.07. The average Bonchev–Trinajstić information content (AvgIpc) is 2.71. The van der Waals surface area contributed by atoms with Crippen LogP contribution < -0.4 is 5.32 Å². The molecule has 0 aliphatic carbocycles. The fourth-order valence-electron chi connectivity index (χ4n) is 2.56. The lowest BCUT2D eigenvalue weighted by Gasteiger charge is -2.30. The molecule has 0 aromatic heterocycles. The number of benzene rings is 1. The van der Waals surface area contributed by atoms with Crippen molar-refractivity contribution in [1.82, 2.24) is 10.2 Å². The van der Waals surface area contributed by atoms with Gasteiger partial charge in [0.05, 0.1) is 0 Å². The van der Waals surface area contributed by atoms with Gasteiger partial charge in [0.2, 0.25) is 0 Å². The number of rotatable bonds is 3. The summed E-state index contributed by atoms with van der Waals surface area (Å²) in [7, 11) is 4.10. The Morgan fingerprint density at radius 3 is 2.81 bits per heavy atom. The zero-order valence-electron chi connectivity index (χ0n) is 9.91. The molecule has 1 aromatic carbocycles. The summed E-state index contributed by atoms with van der Waals surface area (Å²) in [5.41, 5.74) is 1.06. The number of hydrogen-bond acceptors (Lipinski definition) is 2. The smallest absolute Gasteiger partial charge is 0.123 e. The molecule has 0 bridgehead atoms. The molecule has 0 amide bonds. The van der Waals surface area contributed by atoms with E-state index in [1.807, 2.05) is 6.07 Å². The van der Waals surface area contributed by atoms with Crippen molar-refractivity contribution in [3.05, 3.63) is 35.6 Å². The Labute approximate surface area is 96.5 Å². The van der Waals surface area contributed by atoms with Crippen molar-refractivity contribution in [3.8, 4) is 0 Å². The third kappa shape index (κ3) is 2.42. The van der Waals surface area contributed by atoms with Gasteiger partial charge in [-0.25, -0.2) is 4.39 Å². The van der Waals surface area contributed by atoms with Crippen LogP contribution in [0.1, 0.15) is 24.4 Å². The Bertz CT molecular complexity index is 346. The third-order valence-electron chi connectivity index (χ3n) is 3.23. The lowest BCUT2D eigenvalue weighted by molar-refractivity contribution is 0.243. The summed E-state index contributed by atoms with van der Waals surface area (Å²) in [4.78, 5) is 2.16. The highest BCUT2D eigenvalue weighted by atomic mass is 19.1. The van der Waals surface area contributed by atoms with Gasteiger partial charge in [-0.15, -0.1) is 0 Å². The predicted molar refractivity (Wildman–Crippen MR) is 63.9 cm³/mol. The number of nitrogens with one attached hydrogen (secondary N) is 1. The monoisotopic (exact) mass is 222 g/mol. The van der Waals surface area contributed by atoms with Crippen molar-refractivity contribution < 1.29 is 4.39 Å². The standard InChI is InChI=1S/C13H19FN2/c1-16(2)13(12-7-4-8-15-12)10-5-3-6-11(14)9-10/h3,5-6,9,12-13,15H,4,7-8H2,1-2H3. The SMILES string of the molecule is CN(C)C(c1cccc(F)c1)C1CCCN1.